The molecular formula is C33H46F3N7O4. The highest BCUT2D eigenvalue weighted by atomic mass is 19.3. The maximum atomic E-state index is 15.6. The molecule has 3 atom stereocenters. The molecule has 0 spiro atoms. The van der Waals surface area contributed by atoms with Gasteiger partial charge < -0.3 is 31.5 Å². The van der Waals surface area contributed by atoms with Crippen molar-refractivity contribution in [3.8, 4) is 0 Å². The molecule has 258 valence electrons. The van der Waals surface area contributed by atoms with Crippen molar-refractivity contribution in [3.63, 3.8) is 0 Å². The van der Waals surface area contributed by atoms with Crippen LogP contribution in [-0.2, 0) is 19.2 Å². The normalized spacial score (nSPS) is 19.5. The van der Waals surface area contributed by atoms with Crippen molar-refractivity contribution in [2.75, 3.05) is 45.1 Å². The van der Waals surface area contributed by atoms with Crippen LogP contribution >= 0.6 is 0 Å². The minimum absolute atomic E-state index is 0.122. The molecular weight excluding hydrogens is 615 g/mol. The van der Waals surface area contributed by atoms with Crippen molar-refractivity contribution >= 4 is 35.0 Å². The van der Waals surface area contributed by atoms with Gasteiger partial charge in [0.1, 0.15) is 30.2 Å². The molecule has 0 bridgehead atoms. The maximum absolute atomic E-state index is 15.6. The number of benzene rings is 1. The maximum Gasteiger partial charge on any atom is 0.270 e. The number of hydrogen-bond acceptors (Lipinski definition) is 7. The van der Waals surface area contributed by atoms with Gasteiger partial charge in [-0.25, -0.2) is 13.2 Å². The molecule has 1 aliphatic heterocycles. The van der Waals surface area contributed by atoms with Crippen LogP contribution < -0.4 is 21.7 Å². The van der Waals surface area contributed by atoms with Gasteiger partial charge in [-0.1, -0.05) is 19.9 Å². The summed E-state index contributed by atoms with van der Waals surface area (Å²) >= 11 is 0. The molecule has 2 aliphatic carbocycles. The highest BCUT2D eigenvalue weighted by Crippen LogP contribution is 2.51. The van der Waals surface area contributed by atoms with Gasteiger partial charge in [-0.15, -0.1) is 0 Å². The predicted molar refractivity (Wildman–Crippen MR) is 172 cm³/mol. The van der Waals surface area contributed by atoms with E-state index in [0.29, 0.717) is 31.7 Å². The van der Waals surface area contributed by atoms with Gasteiger partial charge in [-0.3, -0.25) is 24.2 Å². The first-order chi connectivity index (χ1) is 22.4. The molecule has 4 amide bonds. The second kappa shape index (κ2) is 16.2. The Kier molecular flexibility index (Phi) is 12.4. The number of rotatable bonds is 15. The van der Waals surface area contributed by atoms with Crippen molar-refractivity contribution < 1.29 is 32.3 Å². The van der Waals surface area contributed by atoms with E-state index in [9.17, 15) is 28.0 Å². The van der Waals surface area contributed by atoms with E-state index in [1.165, 1.54) is 12.1 Å². The topological polar surface area (TPSA) is 149 Å². The van der Waals surface area contributed by atoms with E-state index in [4.69, 9.17) is 5.73 Å². The number of likely N-dealkylation sites (N-methyl/N-ethyl adjacent to an activating group) is 1. The molecule has 1 aromatic carbocycles. The lowest BCUT2D eigenvalue weighted by Gasteiger charge is -2.36. The third-order valence-corrected chi connectivity index (χ3v) is 9.17. The van der Waals surface area contributed by atoms with Gasteiger partial charge in [-0.05, 0) is 80.5 Å². The fourth-order valence-electron chi connectivity index (χ4n) is 6.12. The van der Waals surface area contributed by atoms with Crippen molar-refractivity contribution in [1.82, 2.24) is 20.4 Å². The fourth-order valence-corrected chi connectivity index (χ4v) is 6.12. The average Bonchev–Trinajstić information content (AvgIpc) is 3.98. The van der Waals surface area contributed by atoms with Crippen LogP contribution in [0.2, 0.25) is 0 Å². The van der Waals surface area contributed by atoms with E-state index in [-0.39, 0.29) is 47.4 Å². The Balaban J connectivity index is 1.53. The van der Waals surface area contributed by atoms with Crippen LogP contribution in [0.5, 0.6) is 0 Å². The van der Waals surface area contributed by atoms with E-state index in [1.807, 2.05) is 7.05 Å². The summed E-state index contributed by atoms with van der Waals surface area (Å²) in [5.41, 5.74) is 5.40. The third-order valence-electron chi connectivity index (χ3n) is 9.17. The molecule has 1 saturated heterocycles. The summed E-state index contributed by atoms with van der Waals surface area (Å²) in [7, 11) is 1.97. The Hall–Kier alpha value is -3.94. The Morgan fingerprint density at radius 2 is 1.66 bits per heavy atom. The van der Waals surface area contributed by atoms with E-state index < -0.39 is 48.6 Å². The van der Waals surface area contributed by atoms with Gasteiger partial charge in [0, 0.05) is 38.5 Å². The smallest absolute Gasteiger partial charge is 0.270 e. The van der Waals surface area contributed by atoms with Crippen LogP contribution in [-0.4, -0.2) is 97.4 Å². The number of anilines is 1. The second-order valence-electron chi connectivity index (χ2n) is 12.7. The number of nitrogens with two attached hydrogens (primary N) is 1. The number of nitrogens with one attached hydrogen (secondary N) is 3. The minimum atomic E-state index is -2.77. The van der Waals surface area contributed by atoms with Gasteiger partial charge in [0.05, 0.1) is 5.69 Å². The first-order valence-electron chi connectivity index (χ1n) is 16.3. The van der Waals surface area contributed by atoms with E-state index in [0.717, 1.165) is 38.0 Å². The van der Waals surface area contributed by atoms with Gasteiger partial charge in [-0.2, -0.15) is 0 Å². The molecule has 0 unspecified atom stereocenters. The lowest BCUT2D eigenvalue weighted by atomic mass is 9.88. The highest BCUT2D eigenvalue weighted by molar-refractivity contribution is 6.43. The third kappa shape index (κ3) is 9.78. The molecule has 0 aromatic heterocycles. The number of halogens is 3. The van der Waals surface area contributed by atoms with E-state index >= 15 is 4.39 Å². The van der Waals surface area contributed by atoms with Crippen molar-refractivity contribution in [2.24, 2.45) is 28.5 Å². The molecule has 3 aliphatic rings. The molecule has 1 aromatic rings. The summed E-state index contributed by atoms with van der Waals surface area (Å²) < 4.78 is 41.3. The van der Waals surface area contributed by atoms with Gasteiger partial charge in [0.25, 0.3) is 12.3 Å². The Morgan fingerprint density at radius 1 is 1.02 bits per heavy atom. The van der Waals surface area contributed by atoms with Gasteiger partial charge in [0.2, 0.25) is 17.7 Å². The number of amides is 4. The molecule has 47 heavy (non-hydrogen) atoms. The van der Waals surface area contributed by atoms with Gasteiger partial charge in [0.15, 0.2) is 0 Å². The van der Waals surface area contributed by atoms with E-state index in [1.54, 1.807) is 24.8 Å². The standard InChI is InChI=1S/C33H46F3N7O4/c1-4-27(44)40-29(33(47)43-15-13-42(3)14-16-43)19(2)22-9-10-24(23(34)17-22)39-32(46)30(28(20-5-6-20)21-7-8-21)41-31(45)25(11-12-37)38-18-26(35)36/h9-12,17,19-21,26,28-30H,4-8,13-16,18,37H2,1-3H3,(H,39,46)(H,40,44)(H,41,45)/b12-11-,38-25?/t19-,29+,30-/m0/s1. The number of nitrogens with zero attached hydrogens (tertiary/aromatic N) is 3. The van der Waals surface area contributed by atoms with Crippen LogP contribution in [0.1, 0.15) is 57.4 Å². The SMILES string of the molecule is CCC(=O)N[C@@H](C(=O)N1CCN(C)CC1)[C@@H](C)c1ccc(NC(=O)[C@@H](NC(=O)C(/C=C\N)=NCC(F)F)C(C2CC2)C2CC2)c(F)c1. The molecule has 5 N–H and O–H groups in total. The number of hydrogen-bond donors (Lipinski definition) is 4. The van der Waals surface area contributed by atoms with Crippen LogP contribution in [0.4, 0.5) is 18.9 Å². The summed E-state index contributed by atoms with van der Waals surface area (Å²) in [6.45, 7) is 4.96. The zero-order valence-electron chi connectivity index (χ0n) is 27.2. The number of piperazine rings is 1. The van der Waals surface area contributed by atoms with E-state index in [2.05, 4.69) is 25.8 Å². The summed E-state index contributed by atoms with van der Waals surface area (Å²) in [6, 6.07) is 2.26. The fraction of sp³-hybridized carbons (Fsp3) is 0.606. The number of aliphatic imine (C=N–C) groups is 1. The Morgan fingerprint density at radius 3 is 2.19 bits per heavy atom. The van der Waals surface area contributed by atoms with Crippen LogP contribution in [0.15, 0.2) is 35.5 Å². The lowest BCUT2D eigenvalue weighted by Crippen LogP contribution is -2.55. The molecule has 14 heteroatoms. The number of carbonyl (C=O) groups excluding carboxylic acids is 4. The first kappa shape index (κ1) is 35.9. The highest BCUT2D eigenvalue weighted by Gasteiger charge is 2.48. The average molecular weight is 662 g/mol. The van der Waals surface area contributed by atoms with Crippen LogP contribution in [0.3, 0.4) is 0 Å². The molecule has 11 nitrogen and oxygen atoms in total. The quantitative estimate of drug-likeness (QED) is 0.213. The van der Waals surface area contributed by atoms with Crippen molar-refractivity contribution in [2.45, 2.75) is 70.4 Å². The first-order valence-corrected chi connectivity index (χ1v) is 16.3. The minimum Gasteiger partial charge on any atom is -0.405 e. The summed E-state index contributed by atoms with van der Waals surface area (Å²) in [5, 5.41) is 8.11. The zero-order chi connectivity index (χ0) is 34.2. The number of alkyl halides is 2. The zero-order valence-corrected chi connectivity index (χ0v) is 27.2. The summed E-state index contributed by atoms with van der Waals surface area (Å²) in [4.78, 5) is 60.2. The second-order valence-corrected chi connectivity index (χ2v) is 12.7. The van der Waals surface area contributed by atoms with Crippen LogP contribution in [0.25, 0.3) is 0 Å². The summed E-state index contributed by atoms with van der Waals surface area (Å²) in [6.07, 6.45) is 3.07. The molecule has 2 saturated carbocycles. The number of carbonyl (C=O) groups is 4. The molecule has 1 heterocycles. The molecule has 0 radical (unpaired) electrons. The van der Waals surface area contributed by atoms with Gasteiger partial charge >= 0.3 is 0 Å². The largest absolute Gasteiger partial charge is 0.405 e. The molecule has 3 fully saturated rings. The van der Waals surface area contributed by atoms with Crippen LogP contribution in [0, 0.1) is 23.6 Å². The summed E-state index contributed by atoms with van der Waals surface area (Å²) in [5.74, 6) is -3.14. The predicted octanol–water partition coefficient (Wildman–Crippen LogP) is 2.64. The Bertz CT molecular complexity index is 1350. The monoisotopic (exact) mass is 661 g/mol. The Labute approximate surface area is 273 Å². The lowest BCUT2D eigenvalue weighted by molar-refractivity contribution is -0.138. The molecule has 4 rings (SSSR count). The van der Waals surface area contributed by atoms with Crippen molar-refractivity contribution in [1.29, 1.82) is 0 Å². The van der Waals surface area contributed by atoms with Crippen molar-refractivity contribution in [3.05, 3.63) is 41.9 Å².